The molecule has 0 aliphatic heterocycles. The minimum absolute atomic E-state index is 0.0691. The second-order valence-electron chi connectivity index (χ2n) is 16.7. The Hall–Kier alpha value is -7.14. The first-order valence-corrected chi connectivity index (χ1v) is 21.2. The van der Waals surface area contributed by atoms with Crippen LogP contribution in [0, 0.1) is 0 Å². The van der Waals surface area contributed by atoms with Crippen LogP contribution in [0.3, 0.4) is 0 Å². The molecule has 3 aromatic heterocycles. The van der Waals surface area contributed by atoms with Crippen molar-refractivity contribution in [1.29, 1.82) is 0 Å². The number of fused-ring (bicyclic) bond motifs is 11. The van der Waals surface area contributed by atoms with E-state index in [9.17, 15) is 0 Å². The Morgan fingerprint density at radius 1 is 0.433 bits per heavy atom. The molecule has 3 heterocycles. The number of hydrogen-bond donors (Lipinski definition) is 0. The van der Waals surface area contributed by atoms with Crippen LogP contribution in [0.1, 0.15) is 31.8 Å². The maximum atomic E-state index is 8.20. The molecule has 0 saturated carbocycles. The first kappa shape index (κ1) is 30.9. The number of nitrogens with zero attached hydrogens (tertiary/aromatic N) is 3. The molecular formula is C56H41N3S. The lowest BCUT2D eigenvalue weighted by atomic mass is 9.85. The molecule has 3 nitrogen and oxygen atoms in total. The summed E-state index contributed by atoms with van der Waals surface area (Å²) < 4.78 is 37.6. The summed E-state index contributed by atoms with van der Waals surface area (Å²) in [4.78, 5) is 4.41. The van der Waals surface area contributed by atoms with Gasteiger partial charge in [0.1, 0.15) is 0 Å². The lowest BCUT2D eigenvalue weighted by Gasteiger charge is -2.25. The fourth-order valence-corrected chi connectivity index (χ4v) is 10.5. The van der Waals surface area contributed by atoms with Gasteiger partial charge >= 0.3 is 0 Å². The summed E-state index contributed by atoms with van der Waals surface area (Å²) in [5, 5.41) is 9.80. The van der Waals surface area contributed by atoms with E-state index in [2.05, 4.69) is 108 Å². The first-order valence-electron chi connectivity index (χ1n) is 22.4. The maximum Gasteiger partial charge on any atom is 0.0623 e. The third kappa shape index (κ3) is 5.34. The smallest absolute Gasteiger partial charge is 0.0623 e. The Balaban J connectivity index is 1.08. The number of anilines is 6. The monoisotopic (exact) mass is 791 g/mol. The van der Waals surface area contributed by atoms with E-state index < -0.39 is 0 Å². The molecule has 4 heteroatoms. The van der Waals surface area contributed by atoms with Crippen molar-refractivity contribution in [3.8, 4) is 0 Å². The van der Waals surface area contributed by atoms with E-state index in [1.165, 1.54) is 69.1 Å². The fraction of sp³-hybridized carbons (Fsp3) is 0.0714. The lowest BCUT2D eigenvalue weighted by molar-refractivity contribution is 0.592. The molecule has 9 aromatic carbocycles. The van der Waals surface area contributed by atoms with Gasteiger partial charge in [0.05, 0.1) is 22.0 Å². The van der Waals surface area contributed by atoms with Gasteiger partial charge in [-0.1, -0.05) is 118 Å². The van der Waals surface area contributed by atoms with Gasteiger partial charge in [0.25, 0.3) is 0 Å². The van der Waals surface area contributed by atoms with Gasteiger partial charge in [-0.05, 0) is 113 Å². The average Bonchev–Trinajstić information content (AvgIpc) is 3.94. The molecule has 60 heavy (non-hydrogen) atoms. The number of thiophene rings is 1. The van der Waals surface area contributed by atoms with Gasteiger partial charge in [-0.15, -0.1) is 11.3 Å². The zero-order valence-electron chi connectivity index (χ0n) is 37.4. The predicted octanol–water partition coefficient (Wildman–Crippen LogP) is 16.6. The summed E-state index contributed by atoms with van der Waals surface area (Å²) in [5.41, 5.74) is 10.6. The van der Waals surface area contributed by atoms with E-state index in [0.29, 0.717) is 24.2 Å². The molecule has 0 aliphatic carbocycles. The normalized spacial score (nSPS) is 13.2. The van der Waals surface area contributed by atoms with E-state index in [4.69, 9.17) is 5.48 Å². The Morgan fingerprint density at radius 3 is 1.47 bits per heavy atom. The first-order chi connectivity index (χ1) is 31.0. The van der Waals surface area contributed by atoms with Gasteiger partial charge in [-0.25, -0.2) is 0 Å². The molecular weight excluding hydrogens is 747 g/mol. The zero-order chi connectivity index (χ0) is 43.6. The highest BCUT2D eigenvalue weighted by Crippen LogP contribution is 2.47. The third-order valence-electron chi connectivity index (χ3n) is 12.1. The molecule has 0 amide bonds. The van der Waals surface area contributed by atoms with Crippen LogP contribution in [-0.2, 0) is 5.41 Å². The SMILES string of the molecule is [2H]c1ccc(N(c2ccc([2H])cc2)c2ccc3c(c2)sc2c4cc5c6cc(C(C)(C)C)cc7c8ccc(N(c9ccc([2H])cc9)c9ccc([2H])cc9)cc8n(c5cc4ccc32)c76)cc1. The van der Waals surface area contributed by atoms with E-state index in [1.54, 1.807) is 0 Å². The molecule has 0 saturated heterocycles. The van der Waals surface area contributed by atoms with Gasteiger partial charge in [-0.2, -0.15) is 0 Å². The number of hydrogen-bond acceptors (Lipinski definition) is 3. The number of benzene rings is 9. The van der Waals surface area contributed by atoms with Gasteiger partial charge in [0.15, 0.2) is 0 Å². The number of aromatic nitrogens is 1. The van der Waals surface area contributed by atoms with Crippen LogP contribution in [0.15, 0.2) is 194 Å². The quantitative estimate of drug-likeness (QED) is 0.166. The minimum atomic E-state index is -0.0691. The van der Waals surface area contributed by atoms with Crippen molar-refractivity contribution in [2.45, 2.75) is 26.2 Å². The van der Waals surface area contributed by atoms with E-state index >= 15 is 0 Å². The van der Waals surface area contributed by atoms with Crippen LogP contribution in [0.25, 0.3) is 69.0 Å². The zero-order valence-corrected chi connectivity index (χ0v) is 34.2. The molecule has 0 bridgehead atoms. The Labute approximate surface area is 358 Å². The van der Waals surface area contributed by atoms with Gasteiger partial charge in [0.2, 0.25) is 0 Å². The molecule has 0 unspecified atom stereocenters. The lowest BCUT2D eigenvalue weighted by Crippen LogP contribution is -2.10. The summed E-state index contributed by atoms with van der Waals surface area (Å²) in [5.74, 6) is 0. The Morgan fingerprint density at radius 2 is 0.917 bits per heavy atom. The van der Waals surface area contributed by atoms with Crippen LogP contribution in [-0.4, -0.2) is 4.40 Å². The van der Waals surface area contributed by atoms with E-state index in [-0.39, 0.29) is 5.41 Å². The predicted molar refractivity (Wildman–Crippen MR) is 260 cm³/mol. The van der Waals surface area contributed by atoms with Gasteiger partial charge < -0.3 is 14.2 Å². The largest absolute Gasteiger partial charge is 0.310 e. The van der Waals surface area contributed by atoms with Gasteiger partial charge in [-0.3, -0.25) is 0 Å². The summed E-state index contributed by atoms with van der Waals surface area (Å²) in [6, 6.07) is 60.0. The molecule has 286 valence electrons. The highest BCUT2D eigenvalue weighted by Gasteiger charge is 2.25. The molecule has 12 rings (SSSR count). The van der Waals surface area contributed by atoms with Crippen LogP contribution < -0.4 is 9.80 Å². The van der Waals surface area contributed by atoms with Crippen molar-refractivity contribution < 1.29 is 5.48 Å². The fourth-order valence-electron chi connectivity index (χ4n) is 9.29. The molecule has 0 fully saturated rings. The molecule has 0 aliphatic rings. The van der Waals surface area contributed by atoms with Crippen molar-refractivity contribution in [3.63, 3.8) is 0 Å². The van der Waals surface area contributed by atoms with Crippen LogP contribution in [0.4, 0.5) is 34.1 Å². The Bertz CT molecular complexity index is 3700. The van der Waals surface area contributed by atoms with Crippen molar-refractivity contribution in [2.24, 2.45) is 0 Å². The summed E-state index contributed by atoms with van der Waals surface area (Å²) in [6.45, 7) is 6.88. The summed E-state index contributed by atoms with van der Waals surface area (Å²) >= 11 is 1.83. The highest BCUT2D eigenvalue weighted by atomic mass is 32.1. The maximum absolute atomic E-state index is 8.20. The molecule has 12 aromatic rings. The molecule has 0 radical (unpaired) electrons. The topological polar surface area (TPSA) is 10.9 Å². The molecule has 0 N–H and O–H groups in total. The van der Waals surface area contributed by atoms with Crippen molar-refractivity contribution in [3.05, 3.63) is 200 Å². The standard InChI is InChI=1S/C56H41N3S/c1-56(2,3)37-31-49-44-28-25-42(57(38-16-8-4-9-17-38)39-18-10-5-11-19-39)33-52(44)59-51-30-36-24-27-46-45-29-26-43(58(40-20-12-6-13-21-40)41-22-14-7-15-23-41)34-53(45)60-55(46)47(36)35-48(51)50(32-37)54(49)59/h4-35H,1-3H3/i4D,5D,6D,7D. The van der Waals surface area contributed by atoms with Crippen molar-refractivity contribution in [1.82, 2.24) is 4.40 Å². The summed E-state index contributed by atoms with van der Waals surface area (Å²) in [6.07, 6.45) is 0. The summed E-state index contributed by atoms with van der Waals surface area (Å²) in [7, 11) is 0. The Kier molecular flexibility index (Phi) is 6.79. The number of rotatable bonds is 6. The third-order valence-corrected chi connectivity index (χ3v) is 13.4. The highest BCUT2D eigenvalue weighted by molar-refractivity contribution is 7.26. The molecule has 0 atom stereocenters. The number of para-hydroxylation sites is 4. The molecule has 0 spiro atoms. The van der Waals surface area contributed by atoms with Crippen LogP contribution in [0.2, 0.25) is 0 Å². The average molecular weight is 792 g/mol. The van der Waals surface area contributed by atoms with E-state index in [0.717, 1.165) is 39.6 Å². The van der Waals surface area contributed by atoms with E-state index in [1.807, 2.05) is 108 Å². The van der Waals surface area contributed by atoms with Crippen molar-refractivity contribution >= 4 is 115 Å². The second-order valence-corrected chi connectivity index (χ2v) is 17.8. The van der Waals surface area contributed by atoms with Crippen molar-refractivity contribution in [2.75, 3.05) is 9.80 Å². The van der Waals surface area contributed by atoms with Crippen LogP contribution in [0.5, 0.6) is 0 Å². The minimum Gasteiger partial charge on any atom is -0.310 e. The second kappa shape index (κ2) is 13.2. The van der Waals surface area contributed by atoms with Gasteiger partial charge in [0, 0.05) is 81.2 Å². The van der Waals surface area contributed by atoms with Crippen LogP contribution >= 0.6 is 11.3 Å².